The summed E-state index contributed by atoms with van der Waals surface area (Å²) < 4.78 is 0. The fourth-order valence-electron chi connectivity index (χ4n) is 3.39. The number of carboxylic acid groups (broad SMARTS) is 1. The molecule has 0 spiro atoms. The first kappa shape index (κ1) is 17.2. The Labute approximate surface area is 151 Å². The third-order valence-corrected chi connectivity index (χ3v) is 5.27. The number of hydrogen-bond donors (Lipinski definition) is 1. The van der Waals surface area contributed by atoms with E-state index >= 15 is 0 Å². The molecule has 126 valence electrons. The van der Waals surface area contributed by atoms with E-state index in [1.165, 1.54) is 0 Å². The molecule has 0 saturated carbocycles. The van der Waals surface area contributed by atoms with Crippen molar-refractivity contribution < 1.29 is 9.90 Å². The van der Waals surface area contributed by atoms with Gasteiger partial charge in [-0.15, -0.1) is 0 Å². The molecule has 2 aromatic rings. The van der Waals surface area contributed by atoms with Crippen LogP contribution in [0.5, 0.6) is 0 Å². The minimum Gasteiger partial charge on any atom is -0.480 e. The number of carbonyl (C=O) groups is 1. The summed E-state index contributed by atoms with van der Waals surface area (Å²) in [6, 6.07) is 6.75. The van der Waals surface area contributed by atoms with Crippen LogP contribution < -0.4 is 0 Å². The molecular weight excluding hydrogens is 347 g/mol. The van der Waals surface area contributed by atoms with Crippen LogP contribution in [0, 0.1) is 6.92 Å². The molecule has 1 aliphatic rings. The predicted octanol–water partition coefficient (Wildman–Crippen LogP) is 4.34. The highest BCUT2D eigenvalue weighted by molar-refractivity contribution is 6.42. The van der Waals surface area contributed by atoms with Gasteiger partial charge in [0.15, 0.2) is 0 Å². The van der Waals surface area contributed by atoms with Gasteiger partial charge in [0.2, 0.25) is 0 Å². The van der Waals surface area contributed by atoms with Crippen LogP contribution in [0.25, 0.3) is 0 Å². The van der Waals surface area contributed by atoms with Gasteiger partial charge in [0.1, 0.15) is 6.04 Å². The summed E-state index contributed by atoms with van der Waals surface area (Å²) in [7, 11) is 0. The molecule has 1 aliphatic heterocycles. The molecule has 6 heteroatoms. The number of pyridine rings is 1. The zero-order valence-corrected chi connectivity index (χ0v) is 14.8. The Morgan fingerprint density at radius 1 is 1.33 bits per heavy atom. The lowest BCUT2D eigenvalue weighted by Gasteiger charge is -2.33. The highest BCUT2D eigenvalue weighted by Gasteiger charge is 2.37. The van der Waals surface area contributed by atoms with Crippen molar-refractivity contribution >= 4 is 29.2 Å². The van der Waals surface area contributed by atoms with Crippen molar-refractivity contribution in [3.8, 4) is 0 Å². The van der Waals surface area contributed by atoms with Crippen molar-refractivity contribution in [2.45, 2.75) is 31.8 Å². The van der Waals surface area contributed by atoms with E-state index in [4.69, 9.17) is 23.2 Å². The van der Waals surface area contributed by atoms with Crippen LogP contribution >= 0.6 is 23.2 Å². The normalized spacial score (nSPS) is 19.4. The van der Waals surface area contributed by atoms with Crippen LogP contribution in [0.2, 0.25) is 10.0 Å². The summed E-state index contributed by atoms with van der Waals surface area (Å²) >= 11 is 12.3. The fourth-order valence-corrected chi connectivity index (χ4v) is 3.69. The maximum Gasteiger partial charge on any atom is 0.320 e. The first-order valence-corrected chi connectivity index (χ1v) is 8.58. The summed E-state index contributed by atoms with van der Waals surface area (Å²) in [6.07, 6.45) is 5.04. The molecule has 2 atom stereocenters. The maximum atomic E-state index is 11.7. The summed E-state index contributed by atoms with van der Waals surface area (Å²) in [6.45, 7) is 2.71. The van der Waals surface area contributed by atoms with E-state index in [-0.39, 0.29) is 6.04 Å². The van der Waals surface area contributed by atoms with Gasteiger partial charge >= 0.3 is 5.97 Å². The lowest BCUT2D eigenvalue weighted by molar-refractivity contribution is -0.142. The van der Waals surface area contributed by atoms with Gasteiger partial charge in [-0.2, -0.15) is 0 Å². The van der Waals surface area contributed by atoms with Crippen molar-refractivity contribution in [2.24, 2.45) is 0 Å². The average molecular weight is 365 g/mol. The summed E-state index contributed by atoms with van der Waals surface area (Å²) in [4.78, 5) is 17.9. The Morgan fingerprint density at radius 3 is 2.79 bits per heavy atom. The van der Waals surface area contributed by atoms with Crippen molar-refractivity contribution in [3.05, 3.63) is 63.4 Å². The molecule has 4 nitrogen and oxygen atoms in total. The van der Waals surface area contributed by atoms with Gasteiger partial charge in [0, 0.05) is 18.9 Å². The van der Waals surface area contributed by atoms with Crippen LogP contribution in [0.15, 0.2) is 36.7 Å². The number of aliphatic carboxylic acids is 1. The van der Waals surface area contributed by atoms with E-state index in [1.54, 1.807) is 18.5 Å². The lowest BCUT2D eigenvalue weighted by Crippen LogP contribution is -2.39. The minimum atomic E-state index is -0.788. The van der Waals surface area contributed by atoms with Crippen molar-refractivity contribution in [2.75, 3.05) is 6.54 Å². The minimum absolute atomic E-state index is 0.189. The van der Waals surface area contributed by atoms with E-state index in [0.29, 0.717) is 16.5 Å². The van der Waals surface area contributed by atoms with Gasteiger partial charge < -0.3 is 5.11 Å². The molecule has 1 aromatic heterocycles. The number of aryl methyl sites for hydroxylation is 1. The lowest BCUT2D eigenvalue weighted by atomic mass is 9.94. The zero-order chi connectivity index (χ0) is 17.3. The fraction of sp³-hybridized carbons (Fsp3) is 0.333. The van der Waals surface area contributed by atoms with Crippen molar-refractivity contribution in [1.29, 1.82) is 0 Å². The van der Waals surface area contributed by atoms with Crippen LogP contribution in [-0.2, 0) is 4.79 Å². The van der Waals surface area contributed by atoms with Crippen LogP contribution in [0.3, 0.4) is 0 Å². The second-order valence-corrected chi connectivity index (χ2v) is 6.86. The molecule has 1 saturated heterocycles. The number of nitrogens with zero attached hydrogens (tertiary/aromatic N) is 2. The highest BCUT2D eigenvalue weighted by atomic mass is 35.5. The van der Waals surface area contributed by atoms with Gasteiger partial charge in [-0.1, -0.05) is 29.3 Å². The van der Waals surface area contributed by atoms with Crippen LogP contribution in [-0.4, -0.2) is 33.5 Å². The molecule has 1 aromatic carbocycles. The first-order valence-electron chi connectivity index (χ1n) is 7.83. The Hall–Kier alpha value is -1.62. The number of likely N-dealkylation sites (tertiary alicyclic amines) is 1. The topological polar surface area (TPSA) is 53.4 Å². The number of rotatable bonds is 4. The van der Waals surface area contributed by atoms with Gasteiger partial charge in [0.05, 0.1) is 16.1 Å². The molecule has 2 heterocycles. The van der Waals surface area contributed by atoms with Gasteiger partial charge in [-0.25, -0.2) is 0 Å². The molecule has 0 amide bonds. The number of halogens is 2. The molecule has 0 aliphatic carbocycles. The Kier molecular flexibility index (Phi) is 5.09. The smallest absolute Gasteiger partial charge is 0.320 e. The molecule has 0 bridgehead atoms. The van der Waals surface area contributed by atoms with Crippen molar-refractivity contribution in [1.82, 2.24) is 9.88 Å². The molecule has 24 heavy (non-hydrogen) atoms. The SMILES string of the molecule is Cc1cnccc1C(c1ccc(Cl)c(Cl)c1)N1CCCC1C(=O)O. The molecule has 0 radical (unpaired) electrons. The monoisotopic (exact) mass is 364 g/mol. The van der Waals surface area contributed by atoms with E-state index < -0.39 is 12.0 Å². The summed E-state index contributed by atoms with van der Waals surface area (Å²) in [5, 5.41) is 10.6. The number of carboxylic acids is 1. The summed E-state index contributed by atoms with van der Waals surface area (Å²) in [5.74, 6) is -0.788. The molecular formula is C18H18Cl2N2O2. The van der Waals surface area contributed by atoms with Crippen LogP contribution in [0.4, 0.5) is 0 Å². The Morgan fingerprint density at radius 2 is 2.12 bits per heavy atom. The van der Waals surface area contributed by atoms with E-state index in [2.05, 4.69) is 4.98 Å². The zero-order valence-electron chi connectivity index (χ0n) is 13.2. The van der Waals surface area contributed by atoms with Gasteiger partial charge in [-0.05, 0) is 54.7 Å². The van der Waals surface area contributed by atoms with E-state index in [0.717, 1.165) is 29.7 Å². The third-order valence-electron chi connectivity index (χ3n) is 4.53. The molecule has 3 rings (SSSR count). The average Bonchev–Trinajstić information content (AvgIpc) is 3.02. The number of hydrogen-bond acceptors (Lipinski definition) is 3. The Bertz CT molecular complexity index is 766. The van der Waals surface area contributed by atoms with Crippen LogP contribution in [0.1, 0.15) is 35.6 Å². The van der Waals surface area contributed by atoms with Gasteiger partial charge in [0.25, 0.3) is 0 Å². The standard InChI is InChI=1S/C18H18Cl2N2O2/c1-11-10-21-7-6-13(11)17(12-4-5-14(19)15(20)9-12)22-8-2-3-16(22)18(23)24/h4-7,9-10,16-17H,2-3,8H2,1H3,(H,23,24). The quantitative estimate of drug-likeness (QED) is 0.876. The molecule has 1 fully saturated rings. The third kappa shape index (κ3) is 3.27. The summed E-state index contributed by atoms with van der Waals surface area (Å²) in [5.41, 5.74) is 2.99. The molecule has 1 N–H and O–H groups in total. The molecule has 2 unspecified atom stereocenters. The second-order valence-electron chi connectivity index (χ2n) is 6.04. The van der Waals surface area contributed by atoms with E-state index in [1.807, 2.05) is 30.0 Å². The number of benzene rings is 1. The Balaban J connectivity index is 2.12. The van der Waals surface area contributed by atoms with E-state index in [9.17, 15) is 9.90 Å². The van der Waals surface area contributed by atoms with Gasteiger partial charge in [-0.3, -0.25) is 14.7 Å². The predicted molar refractivity (Wildman–Crippen MR) is 94.6 cm³/mol. The number of aromatic nitrogens is 1. The largest absolute Gasteiger partial charge is 0.480 e. The maximum absolute atomic E-state index is 11.7. The second kappa shape index (κ2) is 7.09. The first-order chi connectivity index (χ1) is 11.5. The highest BCUT2D eigenvalue weighted by Crippen LogP contribution is 2.38. The van der Waals surface area contributed by atoms with Crippen molar-refractivity contribution in [3.63, 3.8) is 0 Å².